The number of nitrogens with zero attached hydrogens (tertiary/aromatic N) is 3. The second kappa shape index (κ2) is 6.99. The third-order valence-corrected chi connectivity index (χ3v) is 3.08. The van der Waals surface area contributed by atoms with Crippen molar-refractivity contribution in [3.05, 3.63) is 42.0 Å². The smallest absolute Gasteiger partial charge is 0.158 e. The van der Waals surface area contributed by atoms with Crippen molar-refractivity contribution in [2.45, 2.75) is 13.3 Å². The Labute approximate surface area is 123 Å². The van der Waals surface area contributed by atoms with Crippen LogP contribution in [0.25, 0.3) is 11.4 Å². The topological polar surface area (TPSA) is 66.0 Å². The van der Waals surface area contributed by atoms with Crippen LogP contribution in [0, 0.1) is 0 Å². The number of aromatic nitrogens is 3. The van der Waals surface area contributed by atoms with E-state index in [1.807, 2.05) is 38.2 Å². The van der Waals surface area contributed by atoms with Crippen LogP contribution < -0.4 is 10.5 Å². The lowest BCUT2D eigenvalue weighted by Gasteiger charge is -2.07. The van der Waals surface area contributed by atoms with E-state index in [-0.39, 0.29) is 13.2 Å². The van der Waals surface area contributed by atoms with Crippen LogP contribution in [0.1, 0.15) is 12.7 Å². The fourth-order valence-corrected chi connectivity index (χ4v) is 1.85. The van der Waals surface area contributed by atoms with E-state index in [4.69, 9.17) is 10.5 Å². The van der Waals surface area contributed by atoms with Gasteiger partial charge in [0, 0.05) is 31.1 Å². The first-order valence-corrected chi connectivity index (χ1v) is 6.79. The number of ether oxygens (including phenoxy) is 1. The molecule has 112 valence electrons. The second-order valence-corrected chi connectivity index (χ2v) is 4.61. The molecule has 6 heteroatoms. The molecule has 0 radical (unpaired) electrons. The van der Waals surface area contributed by atoms with Gasteiger partial charge in [0.2, 0.25) is 0 Å². The number of benzene rings is 1. The predicted octanol–water partition coefficient (Wildman–Crippen LogP) is 2.24. The number of rotatable bonds is 6. The van der Waals surface area contributed by atoms with Gasteiger partial charge in [0.25, 0.3) is 0 Å². The van der Waals surface area contributed by atoms with Crippen molar-refractivity contribution in [2.24, 2.45) is 12.8 Å². The number of halogens is 1. The monoisotopic (exact) mass is 290 g/mol. The minimum Gasteiger partial charge on any atom is -0.489 e. The molecule has 2 N–H and O–H groups in total. The molecular weight excluding hydrogens is 271 g/mol. The molecule has 0 unspecified atom stereocenters. The van der Waals surface area contributed by atoms with Crippen LogP contribution in [0.5, 0.6) is 5.75 Å². The maximum Gasteiger partial charge on any atom is 0.158 e. The van der Waals surface area contributed by atoms with E-state index in [9.17, 15) is 4.39 Å². The van der Waals surface area contributed by atoms with Gasteiger partial charge in [-0.3, -0.25) is 0 Å². The zero-order valence-corrected chi connectivity index (χ0v) is 12.2. The lowest BCUT2D eigenvalue weighted by Crippen LogP contribution is -2.10. The molecule has 1 aromatic heterocycles. The Morgan fingerprint density at radius 3 is 2.62 bits per heavy atom. The molecule has 1 heterocycles. The molecule has 0 aliphatic rings. The molecule has 2 aromatic rings. The van der Waals surface area contributed by atoms with Crippen LogP contribution >= 0.6 is 0 Å². The molecule has 0 saturated carbocycles. The molecule has 21 heavy (non-hydrogen) atoms. The van der Waals surface area contributed by atoms with E-state index in [2.05, 4.69) is 10.1 Å². The average molecular weight is 290 g/mol. The molecule has 0 atom stereocenters. The van der Waals surface area contributed by atoms with Crippen LogP contribution in [0.15, 0.2) is 36.2 Å². The Kier molecular flexibility index (Phi) is 5.05. The molecule has 1 aromatic carbocycles. The summed E-state index contributed by atoms with van der Waals surface area (Å²) in [5.41, 5.74) is 6.75. The summed E-state index contributed by atoms with van der Waals surface area (Å²) in [6, 6.07) is 7.45. The second-order valence-electron chi connectivity index (χ2n) is 4.61. The van der Waals surface area contributed by atoms with Gasteiger partial charge in [0.05, 0.1) is 6.33 Å². The lowest BCUT2D eigenvalue weighted by atomic mass is 10.2. The zero-order chi connectivity index (χ0) is 15.2. The highest BCUT2D eigenvalue weighted by Crippen LogP contribution is 2.21. The SMILES string of the molecule is CCc1nc(-c2ccc(OC/C(=C/F)CN)cc2)n(C)n1. The van der Waals surface area contributed by atoms with Gasteiger partial charge in [-0.25, -0.2) is 14.1 Å². The predicted molar refractivity (Wildman–Crippen MR) is 79.6 cm³/mol. The number of nitrogens with two attached hydrogens (primary N) is 1. The summed E-state index contributed by atoms with van der Waals surface area (Å²) >= 11 is 0. The first-order valence-electron chi connectivity index (χ1n) is 6.79. The third kappa shape index (κ3) is 3.66. The van der Waals surface area contributed by atoms with Gasteiger partial charge in [-0.05, 0) is 24.3 Å². The molecule has 0 aliphatic heterocycles. The zero-order valence-electron chi connectivity index (χ0n) is 12.2. The fraction of sp³-hybridized carbons (Fsp3) is 0.333. The van der Waals surface area contributed by atoms with E-state index >= 15 is 0 Å². The summed E-state index contributed by atoms with van der Waals surface area (Å²) in [6.07, 6.45) is 1.28. The van der Waals surface area contributed by atoms with Crippen LogP contribution in [0.4, 0.5) is 4.39 Å². The van der Waals surface area contributed by atoms with E-state index in [0.29, 0.717) is 17.7 Å². The first kappa shape index (κ1) is 15.2. The molecular formula is C15H19FN4O. The molecule has 0 fully saturated rings. The normalized spacial score (nSPS) is 11.7. The Bertz CT molecular complexity index is 619. The summed E-state index contributed by atoms with van der Waals surface area (Å²) < 4.78 is 19.6. The Balaban J connectivity index is 2.09. The van der Waals surface area contributed by atoms with Crippen molar-refractivity contribution in [1.29, 1.82) is 0 Å². The third-order valence-electron chi connectivity index (χ3n) is 3.08. The van der Waals surface area contributed by atoms with E-state index in [0.717, 1.165) is 23.6 Å². The van der Waals surface area contributed by atoms with Gasteiger partial charge in [-0.15, -0.1) is 0 Å². The minimum absolute atomic E-state index is 0.146. The van der Waals surface area contributed by atoms with Crippen molar-refractivity contribution >= 4 is 0 Å². The van der Waals surface area contributed by atoms with E-state index in [1.165, 1.54) is 0 Å². The molecule has 0 amide bonds. The maximum atomic E-state index is 12.4. The number of hydrogen-bond donors (Lipinski definition) is 1. The molecule has 2 rings (SSSR count). The minimum atomic E-state index is 0.146. The highest BCUT2D eigenvalue weighted by atomic mass is 19.1. The van der Waals surface area contributed by atoms with Gasteiger partial charge in [0.15, 0.2) is 11.6 Å². The molecule has 0 spiro atoms. The fourth-order valence-electron chi connectivity index (χ4n) is 1.85. The van der Waals surface area contributed by atoms with Crippen LogP contribution in [-0.2, 0) is 13.5 Å². The van der Waals surface area contributed by atoms with Gasteiger partial charge >= 0.3 is 0 Å². The standard InChI is InChI=1S/C15H19FN4O/c1-3-14-18-15(20(2)19-14)12-4-6-13(7-5-12)21-10-11(8-16)9-17/h4-8H,3,9-10,17H2,1-2H3/b11-8+. The molecule has 0 aliphatic carbocycles. The summed E-state index contributed by atoms with van der Waals surface area (Å²) in [4.78, 5) is 4.46. The first-order chi connectivity index (χ1) is 10.2. The summed E-state index contributed by atoms with van der Waals surface area (Å²) in [5, 5.41) is 4.32. The quantitative estimate of drug-likeness (QED) is 0.886. The Morgan fingerprint density at radius 2 is 2.10 bits per heavy atom. The van der Waals surface area contributed by atoms with Crippen molar-refractivity contribution in [2.75, 3.05) is 13.2 Å². The van der Waals surface area contributed by atoms with E-state index < -0.39 is 0 Å². The lowest BCUT2D eigenvalue weighted by molar-refractivity contribution is 0.347. The molecule has 0 bridgehead atoms. The van der Waals surface area contributed by atoms with E-state index in [1.54, 1.807) is 4.68 Å². The molecule has 0 saturated heterocycles. The number of hydrogen-bond acceptors (Lipinski definition) is 4. The van der Waals surface area contributed by atoms with Crippen molar-refractivity contribution in [1.82, 2.24) is 14.8 Å². The summed E-state index contributed by atoms with van der Waals surface area (Å²) in [7, 11) is 1.87. The van der Waals surface area contributed by atoms with Gasteiger partial charge in [-0.2, -0.15) is 5.10 Å². The maximum absolute atomic E-state index is 12.4. The summed E-state index contributed by atoms with van der Waals surface area (Å²) in [5.74, 6) is 2.28. The summed E-state index contributed by atoms with van der Waals surface area (Å²) in [6.45, 7) is 2.31. The van der Waals surface area contributed by atoms with Crippen molar-refractivity contribution in [3.8, 4) is 17.1 Å². The van der Waals surface area contributed by atoms with Gasteiger partial charge < -0.3 is 10.5 Å². The van der Waals surface area contributed by atoms with Crippen LogP contribution in [0.2, 0.25) is 0 Å². The molecule has 5 nitrogen and oxygen atoms in total. The Hall–Kier alpha value is -2.21. The Morgan fingerprint density at radius 1 is 1.38 bits per heavy atom. The largest absolute Gasteiger partial charge is 0.489 e. The highest BCUT2D eigenvalue weighted by molar-refractivity contribution is 5.56. The van der Waals surface area contributed by atoms with Crippen molar-refractivity contribution < 1.29 is 9.13 Å². The van der Waals surface area contributed by atoms with Crippen LogP contribution in [-0.4, -0.2) is 27.9 Å². The van der Waals surface area contributed by atoms with Gasteiger partial charge in [-0.1, -0.05) is 6.92 Å². The highest BCUT2D eigenvalue weighted by Gasteiger charge is 2.08. The van der Waals surface area contributed by atoms with Crippen LogP contribution in [0.3, 0.4) is 0 Å². The average Bonchev–Trinajstić information content (AvgIpc) is 2.90. The van der Waals surface area contributed by atoms with Crippen molar-refractivity contribution in [3.63, 3.8) is 0 Å². The number of aryl methyl sites for hydroxylation is 2. The van der Waals surface area contributed by atoms with Gasteiger partial charge in [0.1, 0.15) is 12.4 Å².